The van der Waals surface area contributed by atoms with E-state index in [1.807, 2.05) is 50.2 Å². The molecule has 6 nitrogen and oxygen atoms in total. The molecule has 0 spiro atoms. The van der Waals surface area contributed by atoms with E-state index in [0.29, 0.717) is 21.4 Å². The fourth-order valence-corrected chi connectivity index (χ4v) is 3.98. The van der Waals surface area contributed by atoms with E-state index in [2.05, 4.69) is 10.4 Å². The predicted molar refractivity (Wildman–Crippen MR) is 112 cm³/mol. The van der Waals surface area contributed by atoms with Crippen LogP contribution in [-0.2, 0) is 9.84 Å². The van der Waals surface area contributed by atoms with Gasteiger partial charge in [0.15, 0.2) is 15.5 Å². The first-order chi connectivity index (χ1) is 13.3. The van der Waals surface area contributed by atoms with Gasteiger partial charge in [-0.1, -0.05) is 35.9 Å². The Hall–Kier alpha value is -2.64. The van der Waals surface area contributed by atoms with E-state index in [9.17, 15) is 8.42 Å². The zero-order valence-corrected chi connectivity index (χ0v) is 17.2. The van der Waals surface area contributed by atoms with Crippen LogP contribution in [0.1, 0.15) is 24.2 Å². The van der Waals surface area contributed by atoms with Crippen molar-refractivity contribution in [1.82, 2.24) is 14.6 Å². The van der Waals surface area contributed by atoms with Crippen LogP contribution >= 0.6 is 11.6 Å². The zero-order chi connectivity index (χ0) is 20.1. The van der Waals surface area contributed by atoms with Crippen molar-refractivity contribution in [3.63, 3.8) is 0 Å². The molecule has 1 N–H and O–H groups in total. The molecule has 2 aromatic heterocycles. The minimum absolute atomic E-state index is 0.0882. The lowest BCUT2D eigenvalue weighted by molar-refractivity contribution is 0.602. The van der Waals surface area contributed by atoms with E-state index < -0.39 is 9.84 Å². The second-order valence-corrected chi connectivity index (χ2v) is 9.21. The number of hydrogen-bond donors (Lipinski definition) is 1. The fraction of sp³-hybridized carbons (Fsp3) is 0.200. The summed E-state index contributed by atoms with van der Waals surface area (Å²) in [6, 6.07) is 14.6. The first kappa shape index (κ1) is 18.7. The molecule has 0 aliphatic carbocycles. The van der Waals surface area contributed by atoms with Crippen LogP contribution in [0.5, 0.6) is 0 Å². The number of nitrogens with one attached hydrogen (secondary N) is 1. The molecule has 1 atom stereocenters. The second kappa shape index (κ2) is 6.76. The number of anilines is 1. The maximum atomic E-state index is 11.7. The highest BCUT2D eigenvalue weighted by atomic mass is 35.5. The summed E-state index contributed by atoms with van der Waals surface area (Å²) in [6.45, 7) is 3.85. The third-order valence-electron chi connectivity index (χ3n) is 4.73. The average molecular weight is 415 g/mol. The summed E-state index contributed by atoms with van der Waals surface area (Å²) < 4.78 is 25.1. The minimum Gasteiger partial charge on any atom is -0.363 e. The third-order valence-corrected chi connectivity index (χ3v) is 6.30. The molecule has 28 heavy (non-hydrogen) atoms. The van der Waals surface area contributed by atoms with Gasteiger partial charge < -0.3 is 5.32 Å². The van der Waals surface area contributed by atoms with Crippen LogP contribution in [-0.4, -0.2) is 29.3 Å². The average Bonchev–Trinajstić information content (AvgIpc) is 2.96. The molecule has 4 aromatic rings. The normalized spacial score (nSPS) is 13.1. The van der Waals surface area contributed by atoms with Gasteiger partial charge >= 0.3 is 0 Å². The molecule has 0 aliphatic rings. The summed E-state index contributed by atoms with van der Waals surface area (Å²) in [6.07, 6.45) is 1.20. The van der Waals surface area contributed by atoms with E-state index in [0.717, 1.165) is 22.2 Å². The lowest BCUT2D eigenvalue weighted by Gasteiger charge is -2.17. The Balaban J connectivity index is 1.77. The molecule has 144 valence electrons. The lowest BCUT2D eigenvalue weighted by Crippen LogP contribution is -2.10. The van der Waals surface area contributed by atoms with Gasteiger partial charge in [0.1, 0.15) is 10.8 Å². The van der Waals surface area contributed by atoms with Crippen LogP contribution in [0.3, 0.4) is 0 Å². The maximum absolute atomic E-state index is 11.7. The van der Waals surface area contributed by atoms with Gasteiger partial charge in [-0.25, -0.2) is 17.9 Å². The molecule has 2 aromatic carbocycles. The molecule has 2 heterocycles. The minimum atomic E-state index is -3.22. The molecule has 8 heteroatoms. The molecule has 0 fully saturated rings. The summed E-state index contributed by atoms with van der Waals surface area (Å²) >= 11 is 6.40. The van der Waals surface area contributed by atoms with Crippen molar-refractivity contribution in [2.75, 3.05) is 11.6 Å². The smallest absolute Gasteiger partial charge is 0.176 e. The summed E-state index contributed by atoms with van der Waals surface area (Å²) in [5, 5.41) is 9.37. The highest BCUT2D eigenvalue weighted by Crippen LogP contribution is 2.30. The molecular formula is C20H19ClN4O2S. The maximum Gasteiger partial charge on any atom is 0.176 e. The Morgan fingerprint density at radius 1 is 1.11 bits per heavy atom. The van der Waals surface area contributed by atoms with Crippen molar-refractivity contribution in [3.8, 4) is 0 Å². The number of rotatable bonds is 4. The molecule has 0 aliphatic heterocycles. The zero-order valence-electron chi connectivity index (χ0n) is 15.6. The van der Waals surface area contributed by atoms with E-state index in [1.54, 1.807) is 16.6 Å². The van der Waals surface area contributed by atoms with Gasteiger partial charge in [0, 0.05) is 17.7 Å². The van der Waals surface area contributed by atoms with Crippen molar-refractivity contribution in [1.29, 1.82) is 0 Å². The van der Waals surface area contributed by atoms with Crippen molar-refractivity contribution < 1.29 is 8.42 Å². The summed E-state index contributed by atoms with van der Waals surface area (Å²) in [5.41, 5.74) is 3.18. The molecule has 0 amide bonds. The van der Waals surface area contributed by atoms with Crippen molar-refractivity contribution >= 4 is 43.8 Å². The monoisotopic (exact) mass is 414 g/mol. The van der Waals surface area contributed by atoms with Gasteiger partial charge in [0.2, 0.25) is 0 Å². The number of sulfone groups is 1. The number of halogens is 1. The van der Waals surface area contributed by atoms with E-state index in [4.69, 9.17) is 16.6 Å². The van der Waals surface area contributed by atoms with Gasteiger partial charge in [0.25, 0.3) is 0 Å². The van der Waals surface area contributed by atoms with E-state index in [-0.39, 0.29) is 6.04 Å². The Morgan fingerprint density at radius 2 is 1.79 bits per heavy atom. The van der Waals surface area contributed by atoms with Gasteiger partial charge in [0.05, 0.1) is 16.1 Å². The number of benzene rings is 2. The van der Waals surface area contributed by atoms with E-state index >= 15 is 0 Å². The number of nitrogens with zero attached hydrogens (tertiary/aromatic N) is 3. The van der Waals surface area contributed by atoms with Crippen LogP contribution in [0.25, 0.3) is 16.6 Å². The molecule has 4 rings (SSSR count). The topological polar surface area (TPSA) is 76.4 Å². The molecule has 0 unspecified atom stereocenters. The SMILES string of the molecule is Cc1nn2c(nc(N[C@@H](C)c3ccc(S(C)(=O)=O)cc3)c3ccccc32)c1Cl. The van der Waals surface area contributed by atoms with E-state index in [1.165, 1.54) is 6.26 Å². The Kier molecular flexibility index (Phi) is 4.51. The van der Waals surface area contributed by atoms with Gasteiger partial charge in [-0.05, 0) is 43.7 Å². The largest absolute Gasteiger partial charge is 0.363 e. The predicted octanol–water partition coefficient (Wildman–Crippen LogP) is 4.42. The van der Waals surface area contributed by atoms with Crippen LogP contribution < -0.4 is 5.32 Å². The van der Waals surface area contributed by atoms with Gasteiger partial charge in [-0.15, -0.1) is 0 Å². The van der Waals surface area contributed by atoms with Gasteiger partial charge in [-0.2, -0.15) is 5.10 Å². The van der Waals surface area contributed by atoms with Crippen LogP contribution in [0.15, 0.2) is 53.4 Å². The second-order valence-electron chi connectivity index (χ2n) is 6.82. The number of para-hydroxylation sites is 1. The van der Waals surface area contributed by atoms with Crippen LogP contribution in [0.2, 0.25) is 5.02 Å². The molecule has 0 saturated heterocycles. The number of hydrogen-bond acceptors (Lipinski definition) is 5. The number of fused-ring (bicyclic) bond motifs is 3. The van der Waals surface area contributed by atoms with Crippen molar-refractivity contribution in [2.45, 2.75) is 24.8 Å². The molecule has 0 saturated carbocycles. The van der Waals surface area contributed by atoms with Crippen molar-refractivity contribution in [2.24, 2.45) is 0 Å². The Morgan fingerprint density at radius 3 is 2.46 bits per heavy atom. The molecular weight excluding hydrogens is 396 g/mol. The summed E-state index contributed by atoms with van der Waals surface area (Å²) in [7, 11) is -3.22. The Labute approximate surface area is 168 Å². The quantitative estimate of drug-likeness (QED) is 0.534. The summed E-state index contributed by atoms with van der Waals surface area (Å²) in [4.78, 5) is 5.01. The van der Waals surface area contributed by atoms with Crippen LogP contribution in [0.4, 0.5) is 5.82 Å². The highest BCUT2D eigenvalue weighted by molar-refractivity contribution is 7.90. The fourth-order valence-electron chi connectivity index (χ4n) is 3.19. The summed E-state index contributed by atoms with van der Waals surface area (Å²) in [5.74, 6) is 0.699. The molecule has 0 bridgehead atoms. The number of aromatic nitrogens is 3. The standard InChI is InChI=1S/C20H19ClN4O2S/c1-12(14-8-10-15(11-9-14)28(3,26)27)22-19-16-6-4-5-7-17(16)25-20(23-19)18(21)13(2)24-25/h4-12H,1-3H3,(H,22,23)/t12-/m0/s1. The highest BCUT2D eigenvalue weighted by Gasteiger charge is 2.16. The number of aryl methyl sites for hydroxylation is 1. The molecule has 0 radical (unpaired) electrons. The first-order valence-electron chi connectivity index (χ1n) is 8.76. The Bertz CT molecular complexity index is 1300. The van der Waals surface area contributed by atoms with Crippen molar-refractivity contribution in [3.05, 3.63) is 64.8 Å². The first-order valence-corrected chi connectivity index (χ1v) is 11.0. The lowest BCUT2D eigenvalue weighted by atomic mass is 10.1. The van der Waals surface area contributed by atoms with Crippen LogP contribution in [0, 0.1) is 6.92 Å². The third kappa shape index (κ3) is 3.21. The van der Waals surface area contributed by atoms with Gasteiger partial charge in [-0.3, -0.25) is 0 Å².